The highest BCUT2D eigenvalue weighted by Crippen LogP contribution is 2.42. The second kappa shape index (κ2) is 7.90. The molecule has 1 aliphatic heterocycles. The zero-order valence-electron chi connectivity index (χ0n) is 14.1. The van der Waals surface area contributed by atoms with Gasteiger partial charge in [0.15, 0.2) is 0 Å². The van der Waals surface area contributed by atoms with Gasteiger partial charge in [-0.2, -0.15) is 0 Å². The smallest absolute Gasteiger partial charge is 0.308 e. The Morgan fingerprint density at radius 1 is 1.20 bits per heavy atom. The van der Waals surface area contributed by atoms with Crippen molar-refractivity contribution in [3.8, 4) is 0 Å². The van der Waals surface area contributed by atoms with E-state index in [0.717, 1.165) is 17.0 Å². The van der Waals surface area contributed by atoms with Crippen LogP contribution in [0, 0.1) is 0 Å². The lowest BCUT2D eigenvalue weighted by Crippen LogP contribution is -2.34. The van der Waals surface area contributed by atoms with Crippen molar-refractivity contribution in [1.29, 1.82) is 0 Å². The van der Waals surface area contributed by atoms with Crippen molar-refractivity contribution < 1.29 is 4.79 Å². The van der Waals surface area contributed by atoms with E-state index in [1.165, 1.54) is 5.56 Å². The number of hydrogen-bond acceptors (Lipinski definition) is 2. The standard InChI is InChI=1S/C19H20Cl2N2OS/c1-12(2)13-6-8-14(9-7-13)22-19(24)23-10-11-25-18(23)15-4-3-5-16(20)17(15)21/h3-9,12,18H,10-11H2,1-2H3,(H,22,24)/t18-/m0/s1. The van der Waals surface area contributed by atoms with E-state index in [1.807, 2.05) is 36.4 Å². The summed E-state index contributed by atoms with van der Waals surface area (Å²) in [5, 5.41) is 3.88. The third kappa shape index (κ3) is 4.08. The van der Waals surface area contributed by atoms with Gasteiger partial charge in [0, 0.05) is 23.5 Å². The Balaban J connectivity index is 1.75. The van der Waals surface area contributed by atoms with E-state index in [4.69, 9.17) is 23.2 Å². The minimum absolute atomic E-state index is 0.122. The summed E-state index contributed by atoms with van der Waals surface area (Å²) in [6, 6.07) is 13.4. The predicted molar refractivity (Wildman–Crippen MR) is 108 cm³/mol. The first-order valence-electron chi connectivity index (χ1n) is 8.20. The fourth-order valence-corrected chi connectivity index (χ4v) is 4.55. The second-order valence-electron chi connectivity index (χ2n) is 6.27. The topological polar surface area (TPSA) is 32.3 Å². The molecule has 3 nitrogen and oxygen atoms in total. The number of rotatable bonds is 3. The number of amides is 2. The SMILES string of the molecule is CC(C)c1ccc(NC(=O)N2CCS[C@H]2c2cccc(Cl)c2Cl)cc1. The van der Waals surface area contributed by atoms with Crippen LogP contribution in [0.3, 0.4) is 0 Å². The van der Waals surface area contributed by atoms with Gasteiger partial charge in [0.25, 0.3) is 0 Å². The van der Waals surface area contributed by atoms with Crippen molar-refractivity contribution in [2.45, 2.75) is 25.1 Å². The first-order valence-corrected chi connectivity index (χ1v) is 10.0. The molecule has 0 unspecified atom stereocenters. The van der Waals surface area contributed by atoms with Crippen molar-refractivity contribution in [2.75, 3.05) is 17.6 Å². The van der Waals surface area contributed by atoms with E-state index in [2.05, 4.69) is 19.2 Å². The van der Waals surface area contributed by atoms with E-state index in [0.29, 0.717) is 22.5 Å². The largest absolute Gasteiger partial charge is 0.323 e. The maximum atomic E-state index is 12.7. The molecule has 1 aliphatic rings. The number of halogens is 2. The Morgan fingerprint density at radius 3 is 2.60 bits per heavy atom. The third-order valence-electron chi connectivity index (χ3n) is 4.23. The molecule has 6 heteroatoms. The normalized spacial score (nSPS) is 17.2. The molecule has 25 heavy (non-hydrogen) atoms. The molecule has 0 spiro atoms. The second-order valence-corrected chi connectivity index (χ2v) is 8.24. The molecule has 1 atom stereocenters. The molecule has 0 saturated carbocycles. The number of nitrogens with one attached hydrogen (secondary N) is 1. The van der Waals surface area contributed by atoms with Crippen LogP contribution in [0.15, 0.2) is 42.5 Å². The van der Waals surface area contributed by atoms with Gasteiger partial charge in [0.2, 0.25) is 0 Å². The third-order valence-corrected chi connectivity index (χ3v) is 6.30. The van der Waals surface area contributed by atoms with Crippen LogP contribution in [0.4, 0.5) is 10.5 Å². The van der Waals surface area contributed by atoms with E-state index in [1.54, 1.807) is 22.7 Å². The lowest BCUT2D eigenvalue weighted by molar-refractivity contribution is 0.214. The van der Waals surface area contributed by atoms with Gasteiger partial charge in [-0.1, -0.05) is 61.3 Å². The van der Waals surface area contributed by atoms with Crippen molar-refractivity contribution in [2.24, 2.45) is 0 Å². The molecule has 0 aromatic heterocycles. The van der Waals surface area contributed by atoms with Crippen LogP contribution in [0.1, 0.15) is 36.3 Å². The summed E-state index contributed by atoms with van der Waals surface area (Å²) >= 11 is 14.2. The predicted octanol–water partition coefficient (Wildman–Crippen LogP) is 6.40. The van der Waals surface area contributed by atoms with Gasteiger partial charge in [0.05, 0.1) is 10.0 Å². The Morgan fingerprint density at radius 2 is 1.92 bits per heavy atom. The molecule has 2 amide bonds. The highest BCUT2D eigenvalue weighted by atomic mass is 35.5. The number of carbonyl (C=O) groups excluding carboxylic acids is 1. The van der Waals surface area contributed by atoms with Crippen molar-refractivity contribution in [3.63, 3.8) is 0 Å². The quantitative estimate of drug-likeness (QED) is 0.653. The molecule has 0 radical (unpaired) electrons. The highest BCUT2D eigenvalue weighted by molar-refractivity contribution is 7.99. The van der Waals surface area contributed by atoms with Crippen molar-refractivity contribution in [1.82, 2.24) is 4.90 Å². The molecule has 1 fully saturated rings. The fourth-order valence-electron chi connectivity index (χ4n) is 2.79. The summed E-state index contributed by atoms with van der Waals surface area (Å²) < 4.78 is 0. The monoisotopic (exact) mass is 394 g/mol. The van der Waals surface area contributed by atoms with Gasteiger partial charge >= 0.3 is 6.03 Å². The Labute approximate surface area is 162 Å². The number of hydrogen-bond donors (Lipinski definition) is 1. The zero-order chi connectivity index (χ0) is 18.0. The Hall–Kier alpha value is -1.36. The minimum atomic E-state index is -0.124. The average Bonchev–Trinajstić information content (AvgIpc) is 3.07. The molecule has 3 rings (SSSR count). The molecule has 132 valence electrons. The fraction of sp³-hybridized carbons (Fsp3) is 0.316. The minimum Gasteiger partial charge on any atom is -0.308 e. The van der Waals surface area contributed by atoms with Gasteiger partial charge < -0.3 is 10.2 Å². The maximum Gasteiger partial charge on any atom is 0.323 e. The first kappa shape index (κ1) is 18.4. The maximum absolute atomic E-state index is 12.7. The highest BCUT2D eigenvalue weighted by Gasteiger charge is 2.32. The lowest BCUT2D eigenvalue weighted by Gasteiger charge is -2.25. The van der Waals surface area contributed by atoms with E-state index >= 15 is 0 Å². The van der Waals surface area contributed by atoms with E-state index in [-0.39, 0.29) is 11.4 Å². The van der Waals surface area contributed by atoms with Crippen LogP contribution in [-0.2, 0) is 0 Å². The number of anilines is 1. The van der Waals surface area contributed by atoms with E-state index < -0.39 is 0 Å². The lowest BCUT2D eigenvalue weighted by atomic mass is 10.0. The first-order chi connectivity index (χ1) is 12.0. The number of benzene rings is 2. The Kier molecular flexibility index (Phi) is 5.82. The molecular formula is C19H20Cl2N2OS. The molecule has 2 aromatic rings. The number of nitrogens with zero attached hydrogens (tertiary/aromatic N) is 1. The van der Waals surface area contributed by atoms with E-state index in [9.17, 15) is 4.79 Å². The van der Waals surface area contributed by atoms with Crippen LogP contribution < -0.4 is 5.32 Å². The van der Waals surface area contributed by atoms with Crippen molar-refractivity contribution >= 4 is 46.7 Å². The van der Waals surface area contributed by atoms with Gasteiger partial charge in [-0.15, -0.1) is 11.8 Å². The van der Waals surface area contributed by atoms with Crippen LogP contribution in [0.5, 0.6) is 0 Å². The number of carbonyl (C=O) groups is 1. The molecule has 1 N–H and O–H groups in total. The molecule has 1 heterocycles. The summed E-state index contributed by atoms with van der Waals surface area (Å²) in [7, 11) is 0. The molecule has 1 saturated heterocycles. The van der Waals surface area contributed by atoms with Crippen LogP contribution >= 0.6 is 35.0 Å². The number of urea groups is 1. The van der Waals surface area contributed by atoms with Crippen LogP contribution in [-0.4, -0.2) is 23.2 Å². The molecule has 0 aliphatic carbocycles. The van der Waals surface area contributed by atoms with Crippen LogP contribution in [0.2, 0.25) is 10.0 Å². The average molecular weight is 395 g/mol. The van der Waals surface area contributed by atoms with Crippen LogP contribution in [0.25, 0.3) is 0 Å². The summed E-state index contributed by atoms with van der Waals surface area (Å²) in [5.74, 6) is 1.34. The zero-order valence-corrected chi connectivity index (χ0v) is 16.5. The molecule has 2 aromatic carbocycles. The molecule has 0 bridgehead atoms. The summed E-state index contributed by atoms with van der Waals surface area (Å²) in [6.45, 7) is 4.97. The summed E-state index contributed by atoms with van der Waals surface area (Å²) in [5.41, 5.74) is 2.92. The summed E-state index contributed by atoms with van der Waals surface area (Å²) in [6.07, 6.45) is 0. The van der Waals surface area contributed by atoms with Gasteiger partial charge in [0.1, 0.15) is 5.37 Å². The Bertz CT molecular complexity index is 765. The number of thioether (sulfide) groups is 1. The van der Waals surface area contributed by atoms with Gasteiger partial charge in [-0.25, -0.2) is 4.79 Å². The summed E-state index contributed by atoms with van der Waals surface area (Å²) in [4.78, 5) is 14.5. The van der Waals surface area contributed by atoms with Gasteiger partial charge in [-0.3, -0.25) is 0 Å². The van der Waals surface area contributed by atoms with Gasteiger partial charge in [-0.05, 0) is 29.7 Å². The molecular weight excluding hydrogens is 375 g/mol. The van der Waals surface area contributed by atoms with Crippen molar-refractivity contribution in [3.05, 3.63) is 63.6 Å².